The van der Waals surface area contributed by atoms with Gasteiger partial charge >= 0.3 is 0 Å². The Morgan fingerprint density at radius 1 is 1.00 bits per heavy atom. The monoisotopic (exact) mass is 450 g/mol. The van der Waals surface area contributed by atoms with Crippen LogP contribution >= 0.6 is 34.8 Å². The summed E-state index contributed by atoms with van der Waals surface area (Å²) in [5.41, 5.74) is 5.35. The average molecular weight is 452 g/mol. The van der Waals surface area contributed by atoms with Crippen molar-refractivity contribution in [2.24, 2.45) is 0 Å². The molecular weight excluding hydrogens is 435 g/mol. The van der Waals surface area contributed by atoms with Crippen molar-refractivity contribution in [3.05, 3.63) is 69.3 Å². The van der Waals surface area contributed by atoms with Gasteiger partial charge in [0, 0.05) is 28.7 Å². The van der Waals surface area contributed by atoms with Gasteiger partial charge in [-0.1, -0.05) is 46.9 Å². The number of amides is 1. The minimum atomic E-state index is -0.256. The van der Waals surface area contributed by atoms with E-state index in [1.165, 1.54) is 6.20 Å². The second-order valence-electron chi connectivity index (χ2n) is 6.46. The summed E-state index contributed by atoms with van der Waals surface area (Å²) in [4.78, 5) is 13.0. The maximum Gasteiger partial charge on any atom is 0.269 e. The summed E-state index contributed by atoms with van der Waals surface area (Å²) in [7, 11) is 0. The molecule has 1 amide bonds. The molecule has 2 heterocycles. The normalized spacial score (nSPS) is 14.7. The van der Waals surface area contributed by atoms with Crippen LogP contribution in [0.4, 0.5) is 0 Å². The van der Waals surface area contributed by atoms with E-state index in [4.69, 9.17) is 39.5 Å². The molecule has 1 saturated heterocycles. The van der Waals surface area contributed by atoms with Gasteiger partial charge in [-0.05, 0) is 30.3 Å². The van der Waals surface area contributed by atoms with E-state index in [-0.39, 0.29) is 5.91 Å². The first kappa shape index (κ1) is 20.2. The standard InChI is InChI=1S/C20H17Cl3N4O2/c21-14-3-1-13(2-4-14)19-16(20(28)25-26-7-9-29-10-8-26)12-24-27(19)18-6-5-15(22)11-17(18)23/h1-6,11-12H,7-10H2,(H,25,28). The minimum absolute atomic E-state index is 0.256. The van der Waals surface area contributed by atoms with Crippen LogP contribution in [0.1, 0.15) is 10.4 Å². The van der Waals surface area contributed by atoms with Crippen LogP contribution in [0.5, 0.6) is 0 Å². The number of hydrogen-bond acceptors (Lipinski definition) is 4. The van der Waals surface area contributed by atoms with Crippen LogP contribution < -0.4 is 5.43 Å². The molecule has 3 aromatic rings. The zero-order chi connectivity index (χ0) is 20.4. The van der Waals surface area contributed by atoms with Crippen molar-refractivity contribution in [2.45, 2.75) is 0 Å². The van der Waals surface area contributed by atoms with Crippen LogP contribution in [-0.2, 0) is 4.74 Å². The predicted octanol–water partition coefficient (Wildman–Crippen LogP) is 4.48. The minimum Gasteiger partial charge on any atom is -0.379 e. The summed E-state index contributed by atoms with van der Waals surface area (Å²) < 4.78 is 6.96. The van der Waals surface area contributed by atoms with Gasteiger partial charge in [0.2, 0.25) is 0 Å². The summed E-state index contributed by atoms with van der Waals surface area (Å²) in [5.74, 6) is -0.256. The Bertz CT molecular complexity index is 1030. The first-order valence-electron chi connectivity index (χ1n) is 8.96. The molecule has 150 valence electrons. The molecule has 9 heteroatoms. The number of nitrogens with one attached hydrogen (secondary N) is 1. The van der Waals surface area contributed by atoms with Crippen molar-refractivity contribution in [3.8, 4) is 16.9 Å². The Labute approximate surface area is 182 Å². The molecule has 0 radical (unpaired) electrons. The number of hydrazine groups is 1. The van der Waals surface area contributed by atoms with Crippen LogP contribution in [0.25, 0.3) is 16.9 Å². The Morgan fingerprint density at radius 2 is 1.69 bits per heavy atom. The van der Waals surface area contributed by atoms with E-state index < -0.39 is 0 Å². The Morgan fingerprint density at radius 3 is 2.38 bits per heavy atom. The topological polar surface area (TPSA) is 59.4 Å². The van der Waals surface area contributed by atoms with Gasteiger partial charge in [-0.2, -0.15) is 5.10 Å². The average Bonchev–Trinajstić information content (AvgIpc) is 3.14. The molecule has 1 aliphatic rings. The van der Waals surface area contributed by atoms with Crippen molar-refractivity contribution in [2.75, 3.05) is 26.3 Å². The molecule has 6 nitrogen and oxygen atoms in total. The third-order valence-corrected chi connectivity index (χ3v) is 5.33. The Balaban J connectivity index is 1.78. The molecule has 0 spiro atoms. The van der Waals surface area contributed by atoms with E-state index in [0.717, 1.165) is 5.56 Å². The summed E-state index contributed by atoms with van der Waals surface area (Å²) >= 11 is 18.5. The van der Waals surface area contributed by atoms with Gasteiger partial charge in [0.1, 0.15) is 0 Å². The fourth-order valence-corrected chi connectivity index (χ4v) is 3.73. The fraction of sp³-hybridized carbons (Fsp3) is 0.200. The SMILES string of the molecule is O=C(NN1CCOCC1)c1cnn(-c2ccc(Cl)cc2Cl)c1-c1ccc(Cl)cc1. The predicted molar refractivity (Wildman–Crippen MR) is 114 cm³/mol. The highest BCUT2D eigenvalue weighted by Crippen LogP contribution is 2.32. The molecule has 1 N–H and O–H groups in total. The Hall–Kier alpha value is -2.09. The molecule has 0 atom stereocenters. The van der Waals surface area contributed by atoms with Gasteiger partial charge < -0.3 is 4.74 Å². The van der Waals surface area contributed by atoms with E-state index in [9.17, 15) is 4.79 Å². The molecule has 2 aromatic carbocycles. The zero-order valence-electron chi connectivity index (χ0n) is 15.2. The van der Waals surface area contributed by atoms with Crippen LogP contribution in [0.3, 0.4) is 0 Å². The van der Waals surface area contributed by atoms with Crippen molar-refractivity contribution in [1.82, 2.24) is 20.2 Å². The van der Waals surface area contributed by atoms with E-state index >= 15 is 0 Å². The number of hydrogen-bond donors (Lipinski definition) is 1. The number of aromatic nitrogens is 2. The fourth-order valence-electron chi connectivity index (χ4n) is 3.11. The number of halogens is 3. The van der Waals surface area contributed by atoms with E-state index in [2.05, 4.69) is 10.5 Å². The lowest BCUT2D eigenvalue weighted by Gasteiger charge is -2.26. The summed E-state index contributed by atoms with van der Waals surface area (Å²) in [5, 5.41) is 7.82. The van der Waals surface area contributed by atoms with Crippen molar-refractivity contribution < 1.29 is 9.53 Å². The van der Waals surface area contributed by atoms with E-state index in [1.807, 2.05) is 17.1 Å². The number of nitrogens with zero attached hydrogens (tertiary/aromatic N) is 3. The van der Waals surface area contributed by atoms with Gasteiger partial charge in [0.25, 0.3) is 5.91 Å². The summed E-state index contributed by atoms with van der Waals surface area (Å²) in [6.45, 7) is 2.40. The summed E-state index contributed by atoms with van der Waals surface area (Å²) in [6, 6.07) is 12.3. The number of benzene rings is 2. The first-order chi connectivity index (χ1) is 14.0. The lowest BCUT2D eigenvalue weighted by molar-refractivity contribution is 0.0126. The highest BCUT2D eigenvalue weighted by atomic mass is 35.5. The van der Waals surface area contributed by atoms with E-state index in [0.29, 0.717) is 58.3 Å². The molecule has 4 rings (SSSR count). The first-order valence-corrected chi connectivity index (χ1v) is 10.1. The number of carbonyl (C=O) groups excluding carboxylic acids is 1. The quantitative estimate of drug-likeness (QED) is 0.635. The maximum absolute atomic E-state index is 13.0. The lowest BCUT2D eigenvalue weighted by atomic mass is 10.1. The van der Waals surface area contributed by atoms with E-state index in [1.54, 1.807) is 35.0 Å². The number of carbonyl (C=O) groups is 1. The second kappa shape index (κ2) is 8.73. The highest BCUT2D eigenvalue weighted by Gasteiger charge is 2.23. The van der Waals surface area contributed by atoms with Crippen LogP contribution in [-0.4, -0.2) is 47.0 Å². The summed E-state index contributed by atoms with van der Waals surface area (Å²) in [6.07, 6.45) is 1.53. The zero-order valence-corrected chi connectivity index (χ0v) is 17.5. The number of rotatable bonds is 4. The molecule has 1 aromatic heterocycles. The molecule has 29 heavy (non-hydrogen) atoms. The van der Waals surface area contributed by atoms with Crippen molar-refractivity contribution in [3.63, 3.8) is 0 Å². The Kier molecular flexibility index (Phi) is 6.08. The molecule has 0 saturated carbocycles. The van der Waals surface area contributed by atoms with Gasteiger partial charge in [-0.25, -0.2) is 9.69 Å². The number of morpholine rings is 1. The maximum atomic E-state index is 13.0. The lowest BCUT2D eigenvalue weighted by Crippen LogP contribution is -2.48. The molecular formula is C20H17Cl3N4O2. The molecule has 1 aliphatic heterocycles. The third kappa shape index (κ3) is 4.42. The molecule has 1 fully saturated rings. The van der Waals surface area contributed by atoms with Crippen LogP contribution in [0.15, 0.2) is 48.7 Å². The van der Waals surface area contributed by atoms with Crippen molar-refractivity contribution in [1.29, 1.82) is 0 Å². The second-order valence-corrected chi connectivity index (χ2v) is 7.74. The van der Waals surface area contributed by atoms with Gasteiger partial charge in [-0.3, -0.25) is 10.2 Å². The molecule has 0 bridgehead atoms. The van der Waals surface area contributed by atoms with Crippen LogP contribution in [0.2, 0.25) is 15.1 Å². The van der Waals surface area contributed by atoms with Gasteiger partial charge in [-0.15, -0.1) is 0 Å². The van der Waals surface area contributed by atoms with Gasteiger partial charge in [0.05, 0.1) is 41.4 Å². The van der Waals surface area contributed by atoms with Crippen LogP contribution in [0, 0.1) is 0 Å². The third-order valence-electron chi connectivity index (χ3n) is 4.54. The smallest absolute Gasteiger partial charge is 0.269 e. The largest absolute Gasteiger partial charge is 0.379 e. The number of ether oxygens (including phenoxy) is 1. The molecule has 0 aliphatic carbocycles. The van der Waals surface area contributed by atoms with Gasteiger partial charge in [0.15, 0.2) is 0 Å². The highest BCUT2D eigenvalue weighted by molar-refractivity contribution is 6.35. The van der Waals surface area contributed by atoms with Crippen molar-refractivity contribution >= 4 is 40.7 Å². The molecule has 0 unspecified atom stereocenters.